The number of likely N-dealkylation sites (tertiary alicyclic amines) is 1. The van der Waals surface area contributed by atoms with Crippen LogP contribution in [0.4, 0.5) is 5.69 Å². The van der Waals surface area contributed by atoms with Gasteiger partial charge in [0.1, 0.15) is 0 Å². The third-order valence-electron chi connectivity index (χ3n) is 7.03. The van der Waals surface area contributed by atoms with Crippen molar-refractivity contribution in [1.82, 2.24) is 9.47 Å². The summed E-state index contributed by atoms with van der Waals surface area (Å²) in [5.74, 6) is 0.352. The van der Waals surface area contributed by atoms with Crippen molar-refractivity contribution < 1.29 is 9.84 Å². The summed E-state index contributed by atoms with van der Waals surface area (Å²) in [6, 6.07) is 8.31. The predicted molar refractivity (Wildman–Crippen MR) is 134 cm³/mol. The lowest BCUT2D eigenvalue weighted by molar-refractivity contribution is 0.150. The number of hydrogen-bond donors (Lipinski definition) is 1. The summed E-state index contributed by atoms with van der Waals surface area (Å²) in [6.45, 7) is 17.3. The molecular formula is C26H40N4O2. The van der Waals surface area contributed by atoms with E-state index in [9.17, 15) is 5.11 Å². The molecule has 6 heteroatoms. The van der Waals surface area contributed by atoms with Gasteiger partial charge in [-0.15, -0.1) is 0 Å². The van der Waals surface area contributed by atoms with E-state index < -0.39 is 0 Å². The Morgan fingerprint density at radius 2 is 1.75 bits per heavy atom. The summed E-state index contributed by atoms with van der Waals surface area (Å²) >= 11 is 0. The minimum atomic E-state index is 0.295. The molecule has 1 aromatic carbocycles. The van der Waals surface area contributed by atoms with E-state index in [2.05, 4.69) is 74.1 Å². The molecule has 2 aromatic rings. The highest BCUT2D eigenvalue weighted by Crippen LogP contribution is 2.40. The Balaban J connectivity index is 1.83. The zero-order valence-electron chi connectivity index (χ0n) is 20.6. The summed E-state index contributed by atoms with van der Waals surface area (Å²) in [6.07, 6.45) is 2.09. The predicted octanol–water partition coefficient (Wildman–Crippen LogP) is 4.83. The van der Waals surface area contributed by atoms with Gasteiger partial charge in [-0.2, -0.15) is 0 Å². The third-order valence-corrected chi connectivity index (χ3v) is 7.03. The molecule has 1 aromatic heterocycles. The van der Waals surface area contributed by atoms with Gasteiger partial charge in [0, 0.05) is 48.3 Å². The molecule has 0 unspecified atom stereocenters. The molecule has 32 heavy (non-hydrogen) atoms. The van der Waals surface area contributed by atoms with Crippen molar-refractivity contribution in [3.63, 3.8) is 0 Å². The summed E-state index contributed by atoms with van der Waals surface area (Å²) in [5, 5.41) is 12.6. The van der Waals surface area contributed by atoms with E-state index in [-0.39, 0.29) is 0 Å². The van der Waals surface area contributed by atoms with Crippen molar-refractivity contribution in [3.05, 3.63) is 23.8 Å². The van der Waals surface area contributed by atoms with Crippen molar-refractivity contribution in [3.8, 4) is 5.88 Å². The maximum atomic E-state index is 11.5. The Bertz CT molecular complexity index is 960. The number of hydrogen-bond acceptors (Lipinski definition) is 5. The van der Waals surface area contributed by atoms with Crippen LogP contribution in [0.15, 0.2) is 23.2 Å². The third kappa shape index (κ3) is 4.27. The van der Waals surface area contributed by atoms with Crippen LogP contribution in [0.2, 0.25) is 0 Å². The average Bonchev–Trinajstić information content (AvgIpc) is 3.05. The quantitative estimate of drug-likeness (QED) is 0.699. The zero-order valence-corrected chi connectivity index (χ0v) is 20.6. The first-order chi connectivity index (χ1) is 15.3. The lowest BCUT2D eigenvalue weighted by Crippen LogP contribution is -2.39. The molecule has 1 saturated heterocycles. The summed E-state index contributed by atoms with van der Waals surface area (Å²) in [4.78, 5) is 9.70. The van der Waals surface area contributed by atoms with Gasteiger partial charge in [0.15, 0.2) is 0 Å². The largest absolute Gasteiger partial charge is 0.494 e. The second-order valence-corrected chi connectivity index (χ2v) is 10.1. The number of aromatic hydroxyl groups is 1. The topological polar surface area (TPSA) is 53.2 Å². The summed E-state index contributed by atoms with van der Waals surface area (Å²) in [5.41, 5.74) is 4.02. The fourth-order valence-corrected chi connectivity index (χ4v) is 5.57. The molecule has 0 amide bonds. The minimum absolute atomic E-state index is 0.295. The van der Waals surface area contributed by atoms with Gasteiger partial charge in [0.05, 0.1) is 36.6 Å². The van der Waals surface area contributed by atoms with Gasteiger partial charge in [0.25, 0.3) is 0 Å². The first kappa shape index (κ1) is 23.1. The molecule has 0 aliphatic carbocycles. The van der Waals surface area contributed by atoms with Crippen molar-refractivity contribution >= 4 is 22.3 Å². The Labute approximate surface area is 192 Å². The monoisotopic (exact) mass is 440 g/mol. The Hall–Kier alpha value is -2.05. The number of nitrogens with zero attached hydrogens (tertiary/aromatic N) is 4. The van der Waals surface area contributed by atoms with Gasteiger partial charge in [-0.05, 0) is 72.6 Å². The van der Waals surface area contributed by atoms with E-state index >= 15 is 0 Å². The number of aromatic nitrogens is 1. The van der Waals surface area contributed by atoms with Gasteiger partial charge < -0.3 is 24.2 Å². The van der Waals surface area contributed by atoms with Crippen LogP contribution in [-0.4, -0.2) is 71.3 Å². The van der Waals surface area contributed by atoms with Gasteiger partial charge in [-0.3, -0.25) is 4.99 Å². The van der Waals surface area contributed by atoms with E-state index in [1.165, 1.54) is 5.69 Å². The normalized spacial score (nSPS) is 18.8. The zero-order chi connectivity index (χ0) is 23.0. The lowest BCUT2D eigenvalue weighted by atomic mass is 10.0. The van der Waals surface area contributed by atoms with Gasteiger partial charge in [-0.1, -0.05) is 0 Å². The van der Waals surface area contributed by atoms with Gasteiger partial charge in [-0.25, -0.2) is 0 Å². The molecule has 0 spiro atoms. The number of ether oxygens (including phenoxy) is 1. The molecule has 0 atom stereocenters. The second-order valence-electron chi connectivity index (χ2n) is 10.1. The van der Waals surface area contributed by atoms with E-state index in [0.717, 1.165) is 48.1 Å². The average molecular weight is 441 g/mol. The van der Waals surface area contributed by atoms with Crippen LogP contribution in [0.3, 0.4) is 0 Å². The van der Waals surface area contributed by atoms with Crippen molar-refractivity contribution in [2.45, 2.75) is 78.6 Å². The van der Waals surface area contributed by atoms with Crippen LogP contribution >= 0.6 is 0 Å². The molecular weight excluding hydrogens is 400 g/mol. The van der Waals surface area contributed by atoms with Crippen LogP contribution in [0, 0.1) is 0 Å². The SMILES string of the molecule is CC(C)N1CCC(n2c(O)c(C3=NCCOC3)c3cc(N(C(C)C)C(C)C)ccc32)CC1. The van der Waals surface area contributed by atoms with Crippen LogP contribution in [0.1, 0.15) is 66.0 Å². The minimum Gasteiger partial charge on any atom is -0.494 e. The van der Waals surface area contributed by atoms with Crippen LogP contribution < -0.4 is 4.90 Å². The molecule has 0 saturated carbocycles. The summed E-state index contributed by atoms with van der Waals surface area (Å²) < 4.78 is 7.90. The molecule has 0 bridgehead atoms. The summed E-state index contributed by atoms with van der Waals surface area (Å²) in [7, 11) is 0. The Kier molecular flexibility index (Phi) is 6.82. The maximum absolute atomic E-state index is 11.5. The van der Waals surface area contributed by atoms with E-state index in [1.54, 1.807) is 0 Å². The fraction of sp³-hybridized carbons (Fsp3) is 0.654. The van der Waals surface area contributed by atoms with E-state index in [0.29, 0.717) is 49.8 Å². The maximum Gasteiger partial charge on any atom is 0.201 e. The van der Waals surface area contributed by atoms with Gasteiger partial charge >= 0.3 is 0 Å². The Morgan fingerprint density at radius 1 is 1.06 bits per heavy atom. The van der Waals surface area contributed by atoms with Gasteiger partial charge in [0.2, 0.25) is 5.88 Å². The number of anilines is 1. The van der Waals surface area contributed by atoms with Crippen molar-refractivity contribution in [1.29, 1.82) is 0 Å². The van der Waals surface area contributed by atoms with Crippen LogP contribution in [-0.2, 0) is 4.74 Å². The first-order valence-corrected chi connectivity index (χ1v) is 12.3. The standard InChI is InChI=1S/C26H40N4O2/c1-17(2)28-12-9-20(10-13-28)30-24-8-7-21(29(18(3)4)19(5)6)15-22(24)25(26(30)31)23-16-32-14-11-27-23/h7-8,15,17-20,31H,9-14,16H2,1-6H3. The van der Waals surface area contributed by atoms with Crippen LogP contribution in [0.5, 0.6) is 5.88 Å². The molecule has 4 rings (SSSR count). The van der Waals surface area contributed by atoms with E-state index in [1.807, 2.05) is 0 Å². The van der Waals surface area contributed by atoms with E-state index in [4.69, 9.17) is 9.73 Å². The first-order valence-electron chi connectivity index (χ1n) is 12.3. The molecule has 6 nitrogen and oxygen atoms in total. The highest BCUT2D eigenvalue weighted by molar-refractivity contribution is 6.14. The molecule has 2 aliphatic rings. The lowest BCUT2D eigenvalue weighted by Gasteiger charge is -2.35. The van der Waals surface area contributed by atoms with Crippen molar-refractivity contribution in [2.24, 2.45) is 4.99 Å². The molecule has 1 N–H and O–H groups in total. The highest BCUT2D eigenvalue weighted by atomic mass is 16.5. The second kappa shape index (κ2) is 9.44. The molecule has 176 valence electrons. The number of piperidine rings is 1. The highest BCUT2D eigenvalue weighted by Gasteiger charge is 2.30. The number of aliphatic imine (C=N–C) groups is 1. The number of benzene rings is 1. The van der Waals surface area contributed by atoms with Crippen LogP contribution in [0.25, 0.3) is 10.9 Å². The molecule has 2 aliphatic heterocycles. The van der Waals surface area contributed by atoms with Crippen molar-refractivity contribution in [2.75, 3.05) is 37.7 Å². The Morgan fingerprint density at radius 3 is 2.31 bits per heavy atom. The molecule has 0 radical (unpaired) electrons. The smallest absolute Gasteiger partial charge is 0.201 e. The fourth-order valence-electron chi connectivity index (χ4n) is 5.57. The number of rotatable bonds is 6. The molecule has 3 heterocycles. The molecule has 1 fully saturated rings. The number of fused-ring (bicyclic) bond motifs is 1.